The first kappa shape index (κ1) is 9.67. The number of nitro groups is 1. The van der Waals surface area contributed by atoms with E-state index in [0.29, 0.717) is 5.56 Å². The number of rotatable bonds is 2. The van der Waals surface area contributed by atoms with Crippen molar-refractivity contribution < 1.29 is 10.0 Å². The summed E-state index contributed by atoms with van der Waals surface area (Å²) >= 11 is 0. The third kappa shape index (κ3) is 1.84. The number of benzene rings is 1. The van der Waals surface area contributed by atoms with Crippen LogP contribution in [0.1, 0.15) is 16.7 Å². The van der Waals surface area contributed by atoms with Gasteiger partial charge in [0.25, 0.3) is 5.69 Å². The lowest BCUT2D eigenvalue weighted by atomic mass is 10.0. The van der Waals surface area contributed by atoms with Crippen LogP contribution in [-0.4, -0.2) is 10.0 Å². The lowest BCUT2D eigenvalue weighted by Crippen LogP contribution is -1.96. The maximum atomic E-state index is 10.5. The summed E-state index contributed by atoms with van der Waals surface area (Å²) in [5.74, 6) is 0. The summed E-state index contributed by atoms with van der Waals surface area (Å²) < 4.78 is 0. The molecule has 0 spiro atoms. The van der Waals surface area contributed by atoms with Crippen molar-refractivity contribution in [3.63, 3.8) is 0 Å². The third-order valence-electron chi connectivity index (χ3n) is 2.02. The van der Waals surface area contributed by atoms with E-state index < -0.39 is 4.92 Å². The standard InChI is InChI=1S/C9H11NO3/c1-6-4-9(10(12)13)7(2)3-8(6)5-11/h3-4,11H,5H2,1-2H3. The molecule has 13 heavy (non-hydrogen) atoms. The molecule has 0 bridgehead atoms. The number of nitro benzene ring substituents is 1. The first-order valence-corrected chi connectivity index (χ1v) is 3.91. The predicted molar refractivity (Wildman–Crippen MR) is 48.5 cm³/mol. The minimum Gasteiger partial charge on any atom is -0.392 e. The van der Waals surface area contributed by atoms with Gasteiger partial charge in [0.05, 0.1) is 11.5 Å². The van der Waals surface area contributed by atoms with E-state index in [0.717, 1.165) is 11.1 Å². The van der Waals surface area contributed by atoms with Crippen LogP contribution in [-0.2, 0) is 6.61 Å². The van der Waals surface area contributed by atoms with Gasteiger partial charge in [-0.25, -0.2) is 0 Å². The maximum Gasteiger partial charge on any atom is 0.272 e. The molecule has 1 aromatic rings. The molecule has 0 aromatic heterocycles. The summed E-state index contributed by atoms with van der Waals surface area (Å²) in [4.78, 5) is 10.1. The van der Waals surface area contributed by atoms with Crippen molar-refractivity contribution in [3.8, 4) is 0 Å². The predicted octanol–water partition coefficient (Wildman–Crippen LogP) is 1.70. The van der Waals surface area contributed by atoms with Gasteiger partial charge in [-0.2, -0.15) is 0 Å². The van der Waals surface area contributed by atoms with Gasteiger partial charge in [-0.15, -0.1) is 0 Å². The molecule has 1 N–H and O–H groups in total. The highest BCUT2D eigenvalue weighted by atomic mass is 16.6. The summed E-state index contributed by atoms with van der Waals surface area (Å²) in [7, 11) is 0. The molecule has 4 nitrogen and oxygen atoms in total. The summed E-state index contributed by atoms with van der Waals surface area (Å²) in [6.45, 7) is 3.33. The molecular formula is C9H11NO3. The Kier molecular flexibility index (Phi) is 2.63. The van der Waals surface area contributed by atoms with E-state index in [9.17, 15) is 10.1 Å². The quantitative estimate of drug-likeness (QED) is 0.558. The monoisotopic (exact) mass is 181 g/mol. The van der Waals surface area contributed by atoms with Crippen LogP contribution in [0.5, 0.6) is 0 Å². The Balaban J connectivity index is 3.28. The average molecular weight is 181 g/mol. The molecule has 1 aromatic carbocycles. The summed E-state index contributed by atoms with van der Waals surface area (Å²) in [5, 5.41) is 19.4. The van der Waals surface area contributed by atoms with Gasteiger partial charge in [0.2, 0.25) is 0 Å². The molecule has 1 rings (SSSR count). The highest BCUT2D eigenvalue weighted by Crippen LogP contribution is 2.22. The summed E-state index contributed by atoms with van der Waals surface area (Å²) in [6, 6.07) is 3.13. The molecule has 0 aliphatic carbocycles. The second kappa shape index (κ2) is 3.53. The zero-order chi connectivity index (χ0) is 10.0. The molecule has 0 radical (unpaired) electrons. The van der Waals surface area contributed by atoms with Crippen molar-refractivity contribution in [2.24, 2.45) is 0 Å². The zero-order valence-corrected chi connectivity index (χ0v) is 7.57. The molecule has 0 saturated carbocycles. The number of nitrogens with zero attached hydrogens (tertiary/aromatic N) is 1. The fraction of sp³-hybridized carbons (Fsp3) is 0.333. The van der Waals surface area contributed by atoms with Gasteiger partial charge in [0.1, 0.15) is 0 Å². The average Bonchev–Trinajstić information content (AvgIpc) is 2.07. The summed E-state index contributed by atoms with van der Waals surface area (Å²) in [5.41, 5.74) is 2.18. The highest BCUT2D eigenvalue weighted by molar-refractivity contribution is 5.45. The zero-order valence-electron chi connectivity index (χ0n) is 7.57. The Morgan fingerprint density at radius 3 is 2.46 bits per heavy atom. The third-order valence-corrected chi connectivity index (χ3v) is 2.02. The number of hydrogen-bond acceptors (Lipinski definition) is 3. The van der Waals surface area contributed by atoms with E-state index in [1.807, 2.05) is 0 Å². The van der Waals surface area contributed by atoms with Crippen LogP contribution >= 0.6 is 0 Å². The fourth-order valence-electron chi connectivity index (χ4n) is 1.23. The molecule has 0 fully saturated rings. The Bertz CT molecular complexity index is 347. The van der Waals surface area contributed by atoms with E-state index in [1.54, 1.807) is 19.9 Å². The smallest absolute Gasteiger partial charge is 0.272 e. The number of hydrogen-bond donors (Lipinski definition) is 1. The SMILES string of the molecule is Cc1cc([N+](=O)[O-])c(C)cc1CO. The van der Waals surface area contributed by atoms with Crippen molar-refractivity contribution in [1.82, 2.24) is 0 Å². The molecular weight excluding hydrogens is 170 g/mol. The minimum atomic E-state index is -0.413. The van der Waals surface area contributed by atoms with Crippen LogP contribution < -0.4 is 0 Å². The Hall–Kier alpha value is -1.42. The van der Waals surface area contributed by atoms with Crippen molar-refractivity contribution >= 4 is 5.69 Å². The van der Waals surface area contributed by atoms with Crippen molar-refractivity contribution in [2.75, 3.05) is 0 Å². The van der Waals surface area contributed by atoms with Crippen molar-refractivity contribution in [1.29, 1.82) is 0 Å². The van der Waals surface area contributed by atoms with Gasteiger partial charge in [0.15, 0.2) is 0 Å². The van der Waals surface area contributed by atoms with Crippen LogP contribution in [0.3, 0.4) is 0 Å². The van der Waals surface area contributed by atoms with Gasteiger partial charge < -0.3 is 5.11 Å². The van der Waals surface area contributed by atoms with Crippen molar-refractivity contribution in [3.05, 3.63) is 38.9 Å². The van der Waals surface area contributed by atoms with Crippen LogP contribution in [0.4, 0.5) is 5.69 Å². The van der Waals surface area contributed by atoms with Gasteiger partial charge in [-0.05, 0) is 31.0 Å². The van der Waals surface area contributed by atoms with E-state index in [2.05, 4.69) is 0 Å². The molecule has 0 saturated heterocycles. The van der Waals surface area contributed by atoms with Crippen LogP contribution in [0.2, 0.25) is 0 Å². The van der Waals surface area contributed by atoms with Crippen LogP contribution in [0.25, 0.3) is 0 Å². The molecule has 0 amide bonds. The Labute approximate surface area is 76.0 Å². The molecule has 0 aliphatic heterocycles. The molecule has 4 heteroatoms. The van der Waals surface area contributed by atoms with Gasteiger partial charge in [-0.1, -0.05) is 0 Å². The van der Waals surface area contributed by atoms with E-state index in [1.165, 1.54) is 6.07 Å². The Morgan fingerprint density at radius 2 is 2.00 bits per heavy atom. The first-order chi connectivity index (χ1) is 6.06. The number of aliphatic hydroxyl groups is 1. The maximum absolute atomic E-state index is 10.5. The second-order valence-electron chi connectivity index (χ2n) is 2.98. The molecule has 0 aliphatic rings. The molecule has 0 unspecified atom stereocenters. The van der Waals surface area contributed by atoms with Gasteiger partial charge in [0, 0.05) is 11.6 Å². The van der Waals surface area contributed by atoms with E-state index >= 15 is 0 Å². The molecule has 0 heterocycles. The largest absolute Gasteiger partial charge is 0.392 e. The van der Waals surface area contributed by atoms with Gasteiger partial charge >= 0.3 is 0 Å². The highest BCUT2D eigenvalue weighted by Gasteiger charge is 2.12. The van der Waals surface area contributed by atoms with Gasteiger partial charge in [-0.3, -0.25) is 10.1 Å². The molecule has 0 atom stereocenters. The van der Waals surface area contributed by atoms with Crippen molar-refractivity contribution in [2.45, 2.75) is 20.5 Å². The first-order valence-electron chi connectivity index (χ1n) is 3.91. The second-order valence-corrected chi connectivity index (χ2v) is 2.98. The Morgan fingerprint density at radius 1 is 1.38 bits per heavy atom. The topological polar surface area (TPSA) is 63.4 Å². The van der Waals surface area contributed by atoms with E-state index in [-0.39, 0.29) is 12.3 Å². The lowest BCUT2D eigenvalue weighted by molar-refractivity contribution is -0.385. The molecule has 70 valence electrons. The minimum absolute atomic E-state index is 0.0787. The van der Waals surface area contributed by atoms with E-state index in [4.69, 9.17) is 5.11 Å². The lowest BCUT2D eigenvalue weighted by Gasteiger charge is -2.04. The summed E-state index contributed by atoms with van der Waals surface area (Å²) in [6.07, 6.45) is 0. The normalized spacial score (nSPS) is 10.1. The van der Waals surface area contributed by atoms with Crippen LogP contribution in [0.15, 0.2) is 12.1 Å². The van der Waals surface area contributed by atoms with Crippen LogP contribution in [0, 0.1) is 24.0 Å². The number of aliphatic hydroxyl groups excluding tert-OH is 1. The number of aryl methyl sites for hydroxylation is 2. The fourth-order valence-corrected chi connectivity index (χ4v) is 1.23.